The lowest BCUT2D eigenvalue weighted by molar-refractivity contribution is -0.114. The van der Waals surface area contributed by atoms with Crippen LogP contribution in [0, 0.1) is 12.7 Å². The molecule has 0 unspecified atom stereocenters. The number of amides is 1. The van der Waals surface area contributed by atoms with Crippen molar-refractivity contribution in [2.75, 3.05) is 23.3 Å². The molecular weight excluding hydrogens is 407 g/mol. The molecule has 0 aromatic heterocycles. The molecule has 3 aromatic carbocycles. The molecule has 6 nitrogen and oxygen atoms in total. The monoisotopic (exact) mass is 428 g/mol. The minimum absolute atomic E-state index is 0.0178. The maximum absolute atomic E-state index is 13.4. The fourth-order valence-electron chi connectivity index (χ4n) is 2.77. The molecule has 0 aliphatic heterocycles. The Morgan fingerprint density at radius 3 is 2.13 bits per heavy atom. The first-order chi connectivity index (χ1) is 14.3. The van der Waals surface area contributed by atoms with Gasteiger partial charge in [0, 0.05) is 5.69 Å². The van der Waals surface area contributed by atoms with Crippen LogP contribution in [0.1, 0.15) is 5.56 Å². The number of sulfonamides is 1. The number of carbonyl (C=O) groups is 1. The van der Waals surface area contributed by atoms with Crippen molar-refractivity contribution in [3.8, 4) is 5.75 Å². The van der Waals surface area contributed by atoms with Gasteiger partial charge in [0.2, 0.25) is 5.91 Å². The molecule has 0 saturated carbocycles. The number of rotatable bonds is 7. The fourth-order valence-corrected chi connectivity index (χ4v) is 4.19. The van der Waals surface area contributed by atoms with Gasteiger partial charge < -0.3 is 10.1 Å². The molecular formula is C22H21FN2O4S. The van der Waals surface area contributed by atoms with Gasteiger partial charge in [0.05, 0.1) is 17.7 Å². The smallest absolute Gasteiger partial charge is 0.264 e. The van der Waals surface area contributed by atoms with E-state index in [0.717, 1.165) is 22.0 Å². The van der Waals surface area contributed by atoms with E-state index < -0.39 is 28.3 Å². The van der Waals surface area contributed by atoms with Gasteiger partial charge in [0.1, 0.15) is 18.1 Å². The highest BCUT2D eigenvalue weighted by molar-refractivity contribution is 7.92. The third-order valence-electron chi connectivity index (χ3n) is 4.38. The van der Waals surface area contributed by atoms with Crippen LogP contribution in [-0.2, 0) is 14.8 Å². The molecule has 0 atom stereocenters. The summed E-state index contributed by atoms with van der Waals surface area (Å²) in [5.41, 5.74) is 1.75. The summed E-state index contributed by atoms with van der Waals surface area (Å²) in [4.78, 5) is 12.6. The van der Waals surface area contributed by atoms with Gasteiger partial charge in [-0.05, 0) is 67.6 Å². The third kappa shape index (κ3) is 4.96. The molecule has 3 aromatic rings. The number of nitrogens with one attached hydrogen (secondary N) is 1. The van der Waals surface area contributed by atoms with Crippen molar-refractivity contribution in [3.63, 3.8) is 0 Å². The second kappa shape index (κ2) is 8.96. The summed E-state index contributed by atoms with van der Waals surface area (Å²) in [5, 5.41) is 2.68. The first-order valence-corrected chi connectivity index (χ1v) is 10.5. The number of hydrogen-bond acceptors (Lipinski definition) is 4. The van der Waals surface area contributed by atoms with E-state index in [4.69, 9.17) is 4.74 Å². The van der Waals surface area contributed by atoms with E-state index in [0.29, 0.717) is 11.4 Å². The van der Waals surface area contributed by atoms with Crippen LogP contribution in [0.2, 0.25) is 0 Å². The Morgan fingerprint density at radius 1 is 0.967 bits per heavy atom. The zero-order valence-corrected chi connectivity index (χ0v) is 17.3. The Kier molecular flexibility index (Phi) is 6.37. The molecule has 0 radical (unpaired) electrons. The average molecular weight is 428 g/mol. The van der Waals surface area contributed by atoms with Crippen molar-refractivity contribution in [2.24, 2.45) is 0 Å². The lowest BCUT2D eigenvalue weighted by Crippen LogP contribution is -2.38. The zero-order chi connectivity index (χ0) is 21.7. The highest BCUT2D eigenvalue weighted by Gasteiger charge is 2.27. The topological polar surface area (TPSA) is 75.7 Å². The molecule has 0 aliphatic rings. The number of benzene rings is 3. The highest BCUT2D eigenvalue weighted by Crippen LogP contribution is 2.25. The first kappa shape index (κ1) is 21.3. The Bertz CT molecular complexity index is 1110. The molecule has 0 saturated heterocycles. The normalized spacial score (nSPS) is 11.0. The van der Waals surface area contributed by atoms with Gasteiger partial charge in [-0.15, -0.1) is 0 Å². The predicted octanol–water partition coefficient (Wildman–Crippen LogP) is 3.98. The van der Waals surface area contributed by atoms with Crippen molar-refractivity contribution in [1.29, 1.82) is 0 Å². The minimum atomic E-state index is -4.09. The summed E-state index contributed by atoms with van der Waals surface area (Å²) in [6.07, 6.45) is 0. The summed E-state index contributed by atoms with van der Waals surface area (Å²) < 4.78 is 45.9. The highest BCUT2D eigenvalue weighted by atomic mass is 32.2. The third-order valence-corrected chi connectivity index (χ3v) is 6.17. The summed E-state index contributed by atoms with van der Waals surface area (Å²) >= 11 is 0. The number of nitrogens with zero attached hydrogens (tertiary/aromatic N) is 1. The van der Waals surface area contributed by atoms with E-state index in [-0.39, 0.29) is 10.6 Å². The number of aryl methyl sites for hydroxylation is 1. The van der Waals surface area contributed by atoms with Crippen molar-refractivity contribution < 1.29 is 22.3 Å². The van der Waals surface area contributed by atoms with Crippen molar-refractivity contribution in [2.45, 2.75) is 11.8 Å². The van der Waals surface area contributed by atoms with E-state index in [1.165, 1.54) is 43.5 Å². The molecule has 0 aliphatic carbocycles. The largest absolute Gasteiger partial charge is 0.497 e. The molecule has 1 amide bonds. The summed E-state index contributed by atoms with van der Waals surface area (Å²) in [7, 11) is -2.62. The molecule has 3 rings (SSSR count). The van der Waals surface area contributed by atoms with Crippen molar-refractivity contribution >= 4 is 27.3 Å². The van der Waals surface area contributed by atoms with Gasteiger partial charge in [-0.1, -0.05) is 17.7 Å². The summed E-state index contributed by atoms with van der Waals surface area (Å²) in [5.74, 6) is -0.538. The lowest BCUT2D eigenvalue weighted by atomic mass is 10.2. The average Bonchev–Trinajstić information content (AvgIpc) is 2.74. The second-order valence-electron chi connectivity index (χ2n) is 6.58. The quantitative estimate of drug-likeness (QED) is 0.618. The molecule has 0 spiro atoms. The van der Waals surface area contributed by atoms with Crippen LogP contribution < -0.4 is 14.4 Å². The summed E-state index contributed by atoms with van der Waals surface area (Å²) in [6.45, 7) is 1.44. The van der Waals surface area contributed by atoms with Gasteiger partial charge in [-0.3, -0.25) is 9.10 Å². The summed E-state index contributed by atoms with van der Waals surface area (Å²) in [6, 6.07) is 17.9. The number of hydrogen-bond donors (Lipinski definition) is 1. The SMILES string of the molecule is COc1ccc(S(=O)(=O)N(CC(=O)Nc2ccc(C)cc2)c2ccc(F)cc2)cc1. The number of anilines is 2. The second-order valence-corrected chi connectivity index (χ2v) is 8.44. The molecule has 1 N–H and O–H groups in total. The number of ether oxygens (including phenoxy) is 1. The zero-order valence-electron chi connectivity index (χ0n) is 16.5. The number of methoxy groups -OCH3 is 1. The Balaban J connectivity index is 1.92. The Morgan fingerprint density at radius 2 is 1.57 bits per heavy atom. The van der Waals surface area contributed by atoms with Gasteiger partial charge in [0.15, 0.2) is 0 Å². The maximum atomic E-state index is 13.4. The molecule has 8 heteroatoms. The lowest BCUT2D eigenvalue weighted by Gasteiger charge is -2.24. The standard InChI is InChI=1S/C22H21FN2O4S/c1-16-3-7-18(8-4-16)24-22(26)15-25(19-9-5-17(23)6-10-19)30(27,28)21-13-11-20(29-2)12-14-21/h3-14H,15H2,1-2H3,(H,24,26). The number of carbonyl (C=O) groups excluding carboxylic acids is 1. The molecule has 30 heavy (non-hydrogen) atoms. The van der Waals surface area contributed by atoms with Crippen molar-refractivity contribution in [3.05, 3.63) is 84.2 Å². The number of halogens is 1. The van der Waals surface area contributed by atoms with E-state index in [1.54, 1.807) is 12.1 Å². The van der Waals surface area contributed by atoms with E-state index in [9.17, 15) is 17.6 Å². The van der Waals surface area contributed by atoms with Gasteiger partial charge in [-0.2, -0.15) is 0 Å². The van der Waals surface area contributed by atoms with Gasteiger partial charge in [-0.25, -0.2) is 12.8 Å². The van der Waals surface area contributed by atoms with E-state index in [2.05, 4.69) is 5.32 Å². The first-order valence-electron chi connectivity index (χ1n) is 9.08. The van der Waals surface area contributed by atoms with Crippen LogP contribution in [-0.4, -0.2) is 28.0 Å². The molecule has 0 heterocycles. The van der Waals surface area contributed by atoms with E-state index in [1.807, 2.05) is 19.1 Å². The molecule has 0 bridgehead atoms. The fraction of sp³-hybridized carbons (Fsp3) is 0.136. The van der Waals surface area contributed by atoms with Gasteiger partial charge >= 0.3 is 0 Å². The van der Waals surface area contributed by atoms with Crippen LogP contribution in [0.5, 0.6) is 5.75 Å². The van der Waals surface area contributed by atoms with E-state index >= 15 is 0 Å². The predicted molar refractivity (Wildman–Crippen MR) is 114 cm³/mol. The minimum Gasteiger partial charge on any atom is -0.497 e. The Labute approximate surface area is 175 Å². The van der Waals surface area contributed by atoms with Crippen LogP contribution in [0.3, 0.4) is 0 Å². The maximum Gasteiger partial charge on any atom is 0.264 e. The Hall–Kier alpha value is -3.39. The van der Waals surface area contributed by atoms with Crippen LogP contribution in [0.15, 0.2) is 77.7 Å². The van der Waals surface area contributed by atoms with Gasteiger partial charge in [0.25, 0.3) is 10.0 Å². The van der Waals surface area contributed by atoms with Crippen LogP contribution in [0.4, 0.5) is 15.8 Å². The van der Waals surface area contributed by atoms with Crippen LogP contribution in [0.25, 0.3) is 0 Å². The van der Waals surface area contributed by atoms with Crippen LogP contribution >= 0.6 is 0 Å². The molecule has 156 valence electrons. The molecule has 0 fully saturated rings. The van der Waals surface area contributed by atoms with Crippen molar-refractivity contribution in [1.82, 2.24) is 0 Å².